The van der Waals surface area contributed by atoms with E-state index in [1.54, 1.807) is 24.3 Å². The van der Waals surface area contributed by atoms with Gasteiger partial charge in [0.2, 0.25) is 11.9 Å². The molecular formula is C18H20F3N5O4S. The fourth-order valence-electron chi connectivity index (χ4n) is 3.54. The van der Waals surface area contributed by atoms with E-state index in [1.807, 2.05) is 4.72 Å². The molecule has 0 atom stereocenters. The fourth-order valence-corrected chi connectivity index (χ4v) is 4.00. The molecule has 3 rings (SSSR count). The van der Waals surface area contributed by atoms with Crippen LogP contribution in [0.25, 0.3) is 0 Å². The third-order valence-corrected chi connectivity index (χ3v) is 5.59. The van der Waals surface area contributed by atoms with E-state index in [-0.39, 0.29) is 31.9 Å². The number of piperidine rings is 1. The zero-order valence-corrected chi connectivity index (χ0v) is 17.2. The van der Waals surface area contributed by atoms with Gasteiger partial charge < -0.3 is 9.64 Å². The van der Waals surface area contributed by atoms with Gasteiger partial charge in [-0.1, -0.05) is 12.1 Å². The van der Waals surface area contributed by atoms with E-state index in [9.17, 15) is 26.4 Å². The molecule has 1 aliphatic rings. The second-order valence-corrected chi connectivity index (χ2v) is 8.31. The summed E-state index contributed by atoms with van der Waals surface area (Å²) in [6.07, 6.45) is -3.43. The van der Waals surface area contributed by atoms with E-state index in [4.69, 9.17) is 9.88 Å². The lowest BCUT2D eigenvalue weighted by Crippen LogP contribution is -2.54. The number of nitrogens with two attached hydrogens (primary N) is 1. The summed E-state index contributed by atoms with van der Waals surface area (Å²) >= 11 is 0. The number of amides is 1. The quantitative estimate of drug-likeness (QED) is 0.691. The number of hydrogen-bond donors (Lipinski definition) is 2. The van der Waals surface area contributed by atoms with E-state index < -0.39 is 33.4 Å². The summed E-state index contributed by atoms with van der Waals surface area (Å²) < 4.78 is 68.9. The van der Waals surface area contributed by atoms with Crippen LogP contribution in [0.15, 0.2) is 36.5 Å². The number of nitrogens with zero attached hydrogens (tertiary/aromatic N) is 3. The van der Waals surface area contributed by atoms with Crippen LogP contribution >= 0.6 is 0 Å². The molecule has 1 amide bonds. The van der Waals surface area contributed by atoms with Gasteiger partial charge in [0.15, 0.2) is 0 Å². The number of carbonyl (C=O) groups excluding carboxylic acids is 1. The zero-order valence-electron chi connectivity index (χ0n) is 16.4. The highest BCUT2D eigenvalue weighted by atomic mass is 32.2. The van der Waals surface area contributed by atoms with Crippen LogP contribution in [0.2, 0.25) is 0 Å². The summed E-state index contributed by atoms with van der Waals surface area (Å²) in [5.74, 6) is -0.488. The van der Waals surface area contributed by atoms with Crippen molar-refractivity contribution in [1.29, 1.82) is 0 Å². The van der Waals surface area contributed by atoms with Gasteiger partial charge in [0.05, 0.1) is 12.5 Å². The van der Waals surface area contributed by atoms with Crippen molar-refractivity contribution in [2.75, 3.05) is 25.1 Å². The molecule has 0 aliphatic carbocycles. The Bertz CT molecular complexity index is 1070. The summed E-state index contributed by atoms with van der Waals surface area (Å²) in [5, 5.41) is 4.99. The van der Waals surface area contributed by atoms with Crippen LogP contribution < -0.4 is 19.5 Å². The predicted molar refractivity (Wildman–Crippen MR) is 104 cm³/mol. The largest absolute Gasteiger partial charge is 0.497 e. The normalized spacial score (nSPS) is 16.6. The van der Waals surface area contributed by atoms with Crippen LogP contribution in [0, 0.1) is 0 Å². The standard InChI is InChI=1S/C18H20F3N5O4S/c1-30-13-4-2-3-12(11-13)17(15(27)25-31(22,28)29)6-9-26(10-7-17)16-23-8-5-14(24-16)18(19,20)21/h2-5,8,11H,6-7,9-10H2,1H3,(H,25,27)(H2,22,28,29). The molecule has 0 unspecified atom stereocenters. The van der Waals surface area contributed by atoms with Gasteiger partial charge >= 0.3 is 6.18 Å². The maximum Gasteiger partial charge on any atom is 0.433 e. The van der Waals surface area contributed by atoms with Crippen LogP contribution in [-0.2, 0) is 26.6 Å². The summed E-state index contributed by atoms with van der Waals surface area (Å²) in [6.45, 7) is 0.215. The number of carbonyl (C=O) groups is 1. The zero-order chi connectivity index (χ0) is 22.9. The van der Waals surface area contributed by atoms with Crippen molar-refractivity contribution in [2.24, 2.45) is 5.14 Å². The summed E-state index contributed by atoms with van der Waals surface area (Å²) in [6, 6.07) is 7.36. The molecule has 1 aromatic carbocycles. The third-order valence-electron chi connectivity index (χ3n) is 5.13. The Morgan fingerprint density at radius 1 is 1.26 bits per heavy atom. The lowest BCUT2D eigenvalue weighted by molar-refractivity contribution is -0.141. The molecule has 31 heavy (non-hydrogen) atoms. The van der Waals surface area contributed by atoms with Crippen molar-refractivity contribution in [2.45, 2.75) is 24.4 Å². The van der Waals surface area contributed by atoms with Gasteiger partial charge in [-0.25, -0.2) is 19.8 Å². The van der Waals surface area contributed by atoms with E-state index in [1.165, 1.54) is 12.0 Å². The van der Waals surface area contributed by atoms with Crippen LogP contribution in [0.5, 0.6) is 5.75 Å². The number of ether oxygens (including phenoxy) is 1. The van der Waals surface area contributed by atoms with Crippen molar-refractivity contribution >= 4 is 22.1 Å². The first-order chi connectivity index (χ1) is 14.4. The number of nitrogens with one attached hydrogen (secondary N) is 1. The number of hydrogen-bond acceptors (Lipinski definition) is 7. The monoisotopic (exact) mass is 459 g/mol. The molecule has 1 saturated heterocycles. The number of alkyl halides is 3. The van der Waals surface area contributed by atoms with Gasteiger partial charge in [-0.15, -0.1) is 0 Å². The van der Waals surface area contributed by atoms with E-state index in [0.29, 0.717) is 11.3 Å². The minimum absolute atomic E-state index is 0.0845. The van der Waals surface area contributed by atoms with Crippen LogP contribution in [-0.4, -0.2) is 44.5 Å². The van der Waals surface area contributed by atoms with Gasteiger partial charge in [-0.3, -0.25) is 4.79 Å². The number of anilines is 1. The maximum absolute atomic E-state index is 13.0. The van der Waals surface area contributed by atoms with Gasteiger partial charge in [-0.05, 0) is 36.6 Å². The highest BCUT2D eigenvalue weighted by molar-refractivity contribution is 7.87. The van der Waals surface area contributed by atoms with Crippen molar-refractivity contribution in [3.8, 4) is 5.75 Å². The lowest BCUT2D eigenvalue weighted by Gasteiger charge is -2.40. The molecular weight excluding hydrogens is 439 g/mol. The summed E-state index contributed by atoms with van der Waals surface area (Å²) in [4.78, 5) is 21.9. The average molecular weight is 459 g/mol. The molecule has 9 nitrogen and oxygen atoms in total. The van der Waals surface area contributed by atoms with Gasteiger partial charge in [0, 0.05) is 19.3 Å². The van der Waals surface area contributed by atoms with Crippen LogP contribution in [0.4, 0.5) is 19.1 Å². The van der Waals surface area contributed by atoms with Gasteiger partial charge in [0.25, 0.3) is 10.2 Å². The topological polar surface area (TPSA) is 128 Å². The highest BCUT2D eigenvalue weighted by Gasteiger charge is 2.45. The number of rotatable bonds is 5. The van der Waals surface area contributed by atoms with E-state index in [2.05, 4.69) is 9.97 Å². The Balaban J connectivity index is 1.92. The molecule has 3 N–H and O–H groups in total. The van der Waals surface area contributed by atoms with Crippen molar-refractivity contribution in [3.63, 3.8) is 0 Å². The SMILES string of the molecule is COc1cccc(C2(C(=O)NS(N)(=O)=O)CCN(c3nccc(C(F)(F)F)n3)CC2)c1. The summed E-state index contributed by atoms with van der Waals surface area (Å²) in [5.41, 5.74) is -1.87. The first-order valence-corrected chi connectivity index (χ1v) is 10.6. The molecule has 1 fully saturated rings. The fraction of sp³-hybridized carbons (Fsp3) is 0.389. The Hall–Kier alpha value is -2.93. The number of benzene rings is 1. The number of methoxy groups -OCH3 is 1. The van der Waals surface area contributed by atoms with Crippen molar-refractivity contribution in [3.05, 3.63) is 47.8 Å². The van der Waals surface area contributed by atoms with Crippen molar-refractivity contribution < 1.29 is 31.1 Å². The lowest BCUT2D eigenvalue weighted by atomic mass is 9.72. The molecule has 168 valence electrons. The smallest absolute Gasteiger partial charge is 0.433 e. The van der Waals surface area contributed by atoms with Gasteiger partial charge in [0.1, 0.15) is 11.4 Å². The Labute approximate surface area is 176 Å². The molecule has 1 aliphatic heterocycles. The first-order valence-electron chi connectivity index (χ1n) is 9.09. The summed E-state index contributed by atoms with van der Waals surface area (Å²) in [7, 11) is -2.87. The van der Waals surface area contributed by atoms with E-state index in [0.717, 1.165) is 12.3 Å². The Morgan fingerprint density at radius 3 is 2.52 bits per heavy atom. The average Bonchev–Trinajstić information content (AvgIpc) is 2.72. The van der Waals surface area contributed by atoms with Crippen molar-refractivity contribution in [1.82, 2.24) is 14.7 Å². The van der Waals surface area contributed by atoms with E-state index >= 15 is 0 Å². The molecule has 0 radical (unpaired) electrons. The second kappa shape index (κ2) is 8.30. The maximum atomic E-state index is 13.0. The molecule has 13 heteroatoms. The molecule has 1 aromatic heterocycles. The van der Waals surface area contributed by atoms with Crippen LogP contribution in [0.1, 0.15) is 24.1 Å². The highest BCUT2D eigenvalue weighted by Crippen LogP contribution is 2.38. The second-order valence-electron chi connectivity index (χ2n) is 7.02. The first kappa shape index (κ1) is 22.7. The Kier molecular flexibility index (Phi) is 6.09. The number of aromatic nitrogens is 2. The molecule has 2 aromatic rings. The molecule has 2 heterocycles. The third kappa shape index (κ3) is 5.05. The number of halogens is 3. The minimum atomic E-state index is -4.62. The van der Waals surface area contributed by atoms with Gasteiger partial charge in [-0.2, -0.15) is 21.6 Å². The molecule has 0 saturated carbocycles. The van der Waals surface area contributed by atoms with Crippen LogP contribution in [0.3, 0.4) is 0 Å². The Morgan fingerprint density at radius 2 is 1.94 bits per heavy atom. The minimum Gasteiger partial charge on any atom is -0.497 e. The predicted octanol–water partition coefficient (Wildman–Crippen LogP) is 1.36. The molecule has 0 bridgehead atoms. The molecule has 0 spiro atoms.